The number of nitrogens with zero attached hydrogens (tertiary/aromatic N) is 3. The van der Waals surface area contributed by atoms with Crippen LogP contribution in [0.3, 0.4) is 0 Å². The van der Waals surface area contributed by atoms with E-state index in [4.69, 9.17) is 4.52 Å². The molecular weight excluding hydrogens is 338 g/mol. The number of likely N-dealkylation sites (tertiary alicyclic amines) is 1. The van der Waals surface area contributed by atoms with Gasteiger partial charge in [0.05, 0.1) is 12.5 Å². The Morgan fingerprint density at radius 2 is 1.81 bits per heavy atom. The quantitative estimate of drug-likeness (QED) is 0.742. The van der Waals surface area contributed by atoms with Gasteiger partial charge in [-0.25, -0.2) is 0 Å². The number of aromatic nitrogens is 2. The molecular formula is C22H25N3O2. The molecule has 5 nitrogen and oxygen atoms in total. The first-order valence-electron chi connectivity index (χ1n) is 9.38. The number of aliphatic hydroxyl groups is 1. The average molecular weight is 363 g/mol. The summed E-state index contributed by atoms with van der Waals surface area (Å²) < 4.78 is 5.61. The van der Waals surface area contributed by atoms with Crippen molar-refractivity contribution in [1.82, 2.24) is 15.0 Å². The molecule has 2 heterocycles. The first-order valence-corrected chi connectivity index (χ1v) is 9.38. The second kappa shape index (κ2) is 7.25. The molecule has 1 aliphatic rings. The molecule has 27 heavy (non-hydrogen) atoms. The topological polar surface area (TPSA) is 62.4 Å². The van der Waals surface area contributed by atoms with Crippen molar-refractivity contribution in [2.24, 2.45) is 0 Å². The van der Waals surface area contributed by atoms with Gasteiger partial charge in [0.15, 0.2) is 0 Å². The molecule has 1 N–H and O–H groups in total. The Morgan fingerprint density at radius 3 is 2.52 bits per heavy atom. The minimum Gasteiger partial charge on any atom is -0.392 e. The van der Waals surface area contributed by atoms with E-state index in [2.05, 4.69) is 59.2 Å². The third kappa shape index (κ3) is 3.80. The highest BCUT2D eigenvalue weighted by Gasteiger charge is 2.41. The Hall–Kier alpha value is -2.50. The molecule has 3 aromatic rings. The van der Waals surface area contributed by atoms with Crippen LogP contribution in [0.2, 0.25) is 0 Å². The lowest BCUT2D eigenvalue weighted by Gasteiger charge is -2.31. The minimum absolute atomic E-state index is 0.0339. The fraction of sp³-hybridized carbons (Fsp3) is 0.364. The van der Waals surface area contributed by atoms with Gasteiger partial charge in [-0.2, -0.15) is 4.98 Å². The molecule has 1 unspecified atom stereocenters. The van der Waals surface area contributed by atoms with E-state index >= 15 is 0 Å². The SMILES string of the molecule is CC1(C)CC(c2nc(-c3ccc(CO)cc3)no2)CN1Cc1ccccc1. The molecule has 4 rings (SSSR count). The van der Waals surface area contributed by atoms with Gasteiger partial charge in [0.2, 0.25) is 11.7 Å². The number of benzene rings is 2. The van der Waals surface area contributed by atoms with Crippen LogP contribution in [0, 0.1) is 0 Å². The predicted octanol–water partition coefficient (Wildman–Crippen LogP) is 4.00. The lowest BCUT2D eigenvalue weighted by molar-refractivity contribution is 0.166. The monoisotopic (exact) mass is 363 g/mol. The van der Waals surface area contributed by atoms with Gasteiger partial charge in [-0.05, 0) is 31.4 Å². The summed E-state index contributed by atoms with van der Waals surface area (Å²) in [6.07, 6.45) is 0.991. The molecule has 1 atom stereocenters. The molecule has 0 saturated carbocycles. The summed E-state index contributed by atoms with van der Waals surface area (Å²) in [4.78, 5) is 7.15. The molecule has 0 amide bonds. The maximum Gasteiger partial charge on any atom is 0.231 e. The number of aliphatic hydroxyl groups excluding tert-OH is 1. The molecule has 1 aromatic heterocycles. The van der Waals surface area contributed by atoms with E-state index in [1.165, 1.54) is 5.56 Å². The lowest BCUT2D eigenvalue weighted by atomic mass is 9.96. The fourth-order valence-corrected chi connectivity index (χ4v) is 3.84. The van der Waals surface area contributed by atoms with Gasteiger partial charge >= 0.3 is 0 Å². The average Bonchev–Trinajstić information content (AvgIpc) is 3.28. The van der Waals surface area contributed by atoms with Crippen molar-refractivity contribution < 1.29 is 9.63 Å². The summed E-state index contributed by atoms with van der Waals surface area (Å²) in [5, 5.41) is 13.3. The summed E-state index contributed by atoms with van der Waals surface area (Å²) in [6.45, 7) is 6.43. The zero-order valence-electron chi connectivity index (χ0n) is 15.8. The van der Waals surface area contributed by atoms with E-state index in [0.717, 1.165) is 30.6 Å². The second-order valence-electron chi connectivity index (χ2n) is 7.89. The summed E-state index contributed by atoms with van der Waals surface area (Å²) in [5.41, 5.74) is 3.18. The van der Waals surface area contributed by atoms with Crippen LogP contribution < -0.4 is 0 Å². The van der Waals surface area contributed by atoms with Crippen molar-refractivity contribution in [3.63, 3.8) is 0 Å². The van der Waals surface area contributed by atoms with Crippen LogP contribution in [-0.2, 0) is 13.2 Å². The van der Waals surface area contributed by atoms with Crippen LogP contribution in [-0.4, -0.2) is 32.2 Å². The Labute approximate surface area is 159 Å². The molecule has 1 saturated heterocycles. The van der Waals surface area contributed by atoms with Gasteiger partial charge in [-0.1, -0.05) is 59.8 Å². The zero-order chi connectivity index (χ0) is 18.9. The van der Waals surface area contributed by atoms with Gasteiger partial charge in [-0.3, -0.25) is 4.90 Å². The van der Waals surface area contributed by atoms with E-state index in [0.29, 0.717) is 11.7 Å². The third-order valence-electron chi connectivity index (χ3n) is 5.44. The molecule has 0 spiro atoms. The van der Waals surface area contributed by atoms with E-state index in [1.54, 1.807) is 0 Å². The fourth-order valence-electron chi connectivity index (χ4n) is 3.84. The smallest absolute Gasteiger partial charge is 0.231 e. The first-order chi connectivity index (χ1) is 13.0. The Bertz CT molecular complexity index is 887. The highest BCUT2D eigenvalue weighted by Crippen LogP contribution is 2.39. The van der Waals surface area contributed by atoms with E-state index in [-0.39, 0.29) is 18.1 Å². The summed E-state index contributed by atoms with van der Waals surface area (Å²) >= 11 is 0. The largest absolute Gasteiger partial charge is 0.392 e. The van der Waals surface area contributed by atoms with Crippen molar-refractivity contribution in [2.45, 2.75) is 44.9 Å². The number of hydrogen-bond acceptors (Lipinski definition) is 5. The molecule has 0 bridgehead atoms. The van der Waals surface area contributed by atoms with Crippen molar-refractivity contribution in [3.8, 4) is 11.4 Å². The van der Waals surface area contributed by atoms with Crippen LogP contribution in [0.15, 0.2) is 59.1 Å². The molecule has 140 valence electrons. The summed E-state index contributed by atoms with van der Waals surface area (Å²) in [5.74, 6) is 1.55. The molecule has 5 heteroatoms. The Balaban J connectivity index is 1.50. The Morgan fingerprint density at radius 1 is 1.07 bits per heavy atom. The summed E-state index contributed by atoms with van der Waals surface area (Å²) in [6, 6.07) is 18.2. The van der Waals surface area contributed by atoms with Gasteiger partial charge in [0.25, 0.3) is 0 Å². The van der Waals surface area contributed by atoms with E-state index in [9.17, 15) is 5.11 Å². The van der Waals surface area contributed by atoms with Crippen LogP contribution in [0.25, 0.3) is 11.4 Å². The first kappa shape index (κ1) is 17.9. The summed E-state index contributed by atoms with van der Waals surface area (Å²) in [7, 11) is 0. The van der Waals surface area contributed by atoms with Gasteiger partial charge in [0.1, 0.15) is 0 Å². The van der Waals surface area contributed by atoms with Gasteiger partial charge in [0, 0.05) is 24.2 Å². The van der Waals surface area contributed by atoms with Crippen molar-refractivity contribution in [1.29, 1.82) is 0 Å². The van der Waals surface area contributed by atoms with Crippen LogP contribution in [0.1, 0.15) is 43.2 Å². The molecule has 2 aromatic carbocycles. The van der Waals surface area contributed by atoms with Crippen molar-refractivity contribution in [3.05, 3.63) is 71.6 Å². The highest BCUT2D eigenvalue weighted by molar-refractivity contribution is 5.54. The molecule has 0 aliphatic carbocycles. The maximum atomic E-state index is 9.17. The minimum atomic E-state index is 0.0339. The molecule has 1 aliphatic heterocycles. The van der Waals surface area contributed by atoms with Crippen molar-refractivity contribution >= 4 is 0 Å². The van der Waals surface area contributed by atoms with Gasteiger partial charge < -0.3 is 9.63 Å². The second-order valence-corrected chi connectivity index (χ2v) is 7.89. The molecule has 1 fully saturated rings. The van der Waals surface area contributed by atoms with Gasteiger partial charge in [-0.15, -0.1) is 0 Å². The van der Waals surface area contributed by atoms with Crippen LogP contribution in [0.4, 0.5) is 0 Å². The highest BCUT2D eigenvalue weighted by atomic mass is 16.5. The third-order valence-corrected chi connectivity index (χ3v) is 5.44. The van der Waals surface area contributed by atoms with E-state index in [1.807, 2.05) is 24.3 Å². The van der Waals surface area contributed by atoms with Crippen LogP contribution in [0.5, 0.6) is 0 Å². The maximum absolute atomic E-state index is 9.17. The van der Waals surface area contributed by atoms with Crippen LogP contribution >= 0.6 is 0 Å². The zero-order valence-corrected chi connectivity index (χ0v) is 15.8. The lowest BCUT2D eigenvalue weighted by Crippen LogP contribution is -2.37. The number of hydrogen-bond donors (Lipinski definition) is 1. The van der Waals surface area contributed by atoms with E-state index < -0.39 is 0 Å². The van der Waals surface area contributed by atoms with Crippen molar-refractivity contribution in [2.75, 3.05) is 6.54 Å². The normalized spacial score (nSPS) is 19.4. The standard InChI is InChI=1S/C22H25N3O2/c1-22(2)12-19(14-25(22)13-16-6-4-3-5-7-16)21-23-20(24-27-21)18-10-8-17(15-26)9-11-18/h3-11,19,26H,12-15H2,1-2H3. The molecule has 0 radical (unpaired) electrons. The Kier molecular flexibility index (Phi) is 4.81. The number of rotatable bonds is 5. The predicted molar refractivity (Wildman–Crippen MR) is 104 cm³/mol.